The van der Waals surface area contributed by atoms with Crippen LogP contribution >= 0.6 is 11.3 Å². The van der Waals surface area contributed by atoms with E-state index in [4.69, 9.17) is 9.72 Å². The van der Waals surface area contributed by atoms with E-state index >= 15 is 0 Å². The average Bonchev–Trinajstić information content (AvgIpc) is 3.46. The van der Waals surface area contributed by atoms with Crippen molar-refractivity contribution in [2.24, 2.45) is 0 Å². The Morgan fingerprint density at radius 1 is 1.06 bits per heavy atom. The summed E-state index contributed by atoms with van der Waals surface area (Å²) in [6, 6.07) is 20.1. The predicted molar refractivity (Wildman–Crippen MR) is 126 cm³/mol. The van der Waals surface area contributed by atoms with Crippen molar-refractivity contribution in [3.05, 3.63) is 82.3 Å². The number of amides is 1. The number of aromatic nitrogens is 2. The fourth-order valence-electron chi connectivity index (χ4n) is 3.55. The first kappa shape index (κ1) is 21.1. The van der Waals surface area contributed by atoms with Crippen LogP contribution in [0.4, 0.5) is 0 Å². The van der Waals surface area contributed by atoms with Crippen LogP contribution in [-0.2, 0) is 19.5 Å². The second kappa shape index (κ2) is 10.3. The van der Waals surface area contributed by atoms with Gasteiger partial charge in [0.15, 0.2) is 0 Å². The average molecular weight is 434 g/mol. The lowest BCUT2D eigenvalue weighted by atomic mass is 10.2. The molecular formula is C25H27N3O2S. The molecule has 1 amide bonds. The molecule has 0 unspecified atom stereocenters. The zero-order valence-electron chi connectivity index (χ0n) is 17.7. The lowest BCUT2D eigenvalue weighted by Gasteiger charge is -2.11. The number of nitrogens with one attached hydrogen (secondary N) is 1. The summed E-state index contributed by atoms with van der Waals surface area (Å²) in [6.45, 7) is 4.08. The molecule has 0 aliphatic heterocycles. The molecule has 0 aliphatic rings. The number of thiophene rings is 1. The van der Waals surface area contributed by atoms with Crippen molar-refractivity contribution in [3.63, 3.8) is 0 Å². The van der Waals surface area contributed by atoms with Crippen LogP contribution in [0.1, 0.15) is 40.8 Å². The third-order valence-electron chi connectivity index (χ3n) is 5.26. The van der Waals surface area contributed by atoms with Crippen molar-refractivity contribution < 1.29 is 9.53 Å². The van der Waals surface area contributed by atoms with Gasteiger partial charge < -0.3 is 14.6 Å². The number of ether oxygens (including phenoxy) is 1. The van der Waals surface area contributed by atoms with Gasteiger partial charge in [0.05, 0.1) is 29.1 Å². The van der Waals surface area contributed by atoms with Crippen molar-refractivity contribution >= 4 is 28.3 Å². The minimum absolute atomic E-state index is 0.0592. The van der Waals surface area contributed by atoms with Gasteiger partial charge in [-0.25, -0.2) is 4.98 Å². The molecule has 1 N–H and O–H groups in total. The minimum atomic E-state index is -0.0592. The first-order valence-corrected chi connectivity index (χ1v) is 11.6. The lowest BCUT2D eigenvalue weighted by Crippen LogP contribution is -2.24. The Hall–Kier alpha value is -3.12. The molecule has 0 atom stereocenters. The number of aryl methyl sites for hydroxylation is 2. The van der Waals surface area contributed by atoms with Gasteiger partial charge in [-0.05, 0) is 60.5 Å². The van der Waals surface area contributed by atoms with Crippen molar-refractivity contribution in [2.45, 2.75) is 39.3 Å². The molecule has 4 aromatic rings. The van der Waals surface area contributed by atoms with E-state index in [9.17, 15) is 4.79 Å². The third kappa shape index (κ3) is 5.33. The minimum Gasteiger partial charge on any atom is -0.494 e. The Kier molecular flexibility index (Phi) is 6.99. The Morgan fingerprint density at radius 3 is 2.68 bits per heavy atom. The number of hydrogen-bond donors (Lipinski definition) is 1. The van der Waals surface area contributed by atoms with E-state index in [-0.39, 0.29) is 5.91 Å². The van der Waals surface area contributed by atoms with Crippen molar-refractivity contribution in [2.75, 3.05) is 6.61 Å². The second-order valence-electron chi connectivity index (χ2n) is 7.38. The number of carbonyl (C=O) groups excluding carboxylic acids is 1. The van der Waals surface area contributed by atoms with Gasteiger partial charge in [-0.15, -0.1) is 11.3 Å². The molecule has 31 heavy (non-hydrogen) atoms. The van der Waals surface area contributed by atoms with Gasteiger partial charge in [-0.2, -0.15) is 0 Å². The number of hydrogen-bond acceptors (Lipinski definition) is 4. The molecule has 2 heterocycles. The summed E-state index contributed by atoms with van der Waals surface area (Å²) >= 11 is 1.44. The van der Waals surface area contributed by atoms with E-state index in [1.165, 1.54) is 16.9 Å². The predicted octanol–water partition coefficient (Wildman–Crippen LogP) is 5.45. The zero-order chi connectivity index (χ0) is 21.5. The van der Waals surface area contributed by atoms with E-state index < -0.39 is 0 Å². The van der Waals surface area contributed by atoms with E-state index in [2.05, 4.69) is 35.0 Å². The second-order valence-corrected chi connectivity index (χ2v) is 8.33. The number of fused-ring (bicyclic) bond motifs is 1. The molecule has 2 aromatic heterocycles. The Balaban J connectivity index is 1.34. The van der Waals surface area contributed by atoms with Crippen LogP contribution in [0.2, 0.25) is 0 Å². The molecule has 0 saturated heterocycles. The van der Waals surface area contributed by atoms with Crippen LogP contribution in [0.5, 0.6) is 5.75 Å². The summed E-state index contributed by atoms with van der Waals surface area (Å²) in [7, 11) is 0. The van der Waals surface area contributed by atoms with E-state index in [0.717, 1.165) is 48.4 Å². The summed E-state index contributed by atoms with van der Waals surface area (Å²) in [5.41, 5.74) is 3.37. The number of benzene rings is 2. The summed E-state index contributed by atoms with van der Waals surface area (Å²) in [5.74, 6) is 1.74. The lowest BCUT2D eigenvalue weighted by molar-refractivity contribution is 0.0953. The zero-order valence-corrected chi connectivity index (χ0v) is 18.5. The Bertz CT molecular complexity index is 1120. The highest BCUT2D eigenvalue weighted by atomic mass is 32.1. The SMILES string of the molecule is CCc1ccc(OCCCCn2c(CNC(=O)c3cccs3)nc3ccccc32)cc1. The summed E-state index contributed by atoms with van der Waals surface area (Å²) in [6.07, 6.45) is 2.96. The number of unbranched alkanes of at least 4 members (excludes halogenated alkanes) is 1. The molecule has 160 valence electrons. The van der Waals surface area contributed by atoms with Gasteiger partial charge in [-0.1, -0.05) is 37.3 Å². The Labute approximate surface area is 186 Å². The number of carbonyl (C=O) groups is 1. The monoisotopic (exact) mass is 433 g/mol. The smallest absolute Gasteiger partial charge is 0.261 e. The number of imidazole rings is 1. The van der Waals surface area contributed by atoms with Crippen LogP contribution < -0.4 is 10.1 Å². The van der Waals surface area contributed by atoms with Crippen LogP contribution in [0, 0.1) is 0 Å². The van der Waals surface area contributed by atoms with Crippen molar-refractivity contribution in [3.8, 4) is 5.75 Å². The summed E-state index contributed by atoms with van der Waals surface area (Å²) in [5, 5.41) is 4.91. The fraction of sp³-hybridized carbons (Fsp3) is 0.280. The number of nitrogens with zero attached hydrogens (tertiary/aromatic N) is 2. The quantitative estimate of drug-likeness (QED) is 0.338. The highest BCUT2D eigenvalue weighted by Crippen LogP contribution is 2.18. The number of para-hydroxylation sites is 2. The highest BCUT2D eigenvalue weighted by Gasteiger charge is 2.12. The van der Waals surface area contributed by atoms with Crippen LogP contribution in [-0.4, -0.2) is 22.1 Å². The van der Waals surface area contributed by atoms with E-state index in [1.54, 1.807) is 0 Å². The maximum Gasteiger partial charge on any atom is 0.261 e. The maximum atomic E-state index is 12.3. The third-order valence-corrected chi connectivity index (χ3v) is 6.13. The van der Waals surface area contributed by atoms with Crippen molar-refractivity contribution in [1.29, 1.82) is 0 Å². The van der Waals surface area contributed by atoms with Gasteiger partial charge in [0.1, 0.15) is 11.6 Å². The van der Waals surface area contributed by atoms with Gasteiger partial charge in [0, 0.05) is 6.54 Å². The normalized spacial score (nSPS) is 11.0. The van der Waals surface area contributed by atoms with Gasteiger partial charge in [0.2, 0.25) is 0 Å². The van der Waals surface area contributed by atoms with Gasteiger partial charge in [0.25, 0.3) is 5.91 Å². The topological polar surface area (TPSA) is 56.1 Å². The molecular weight excluding hydrogens is 406 g/mol. The molecule has 4 rings (SSSR count). The van der Waals surface area contributed by atoms with Gasteiger partial charge in [-0.3, -0.25) is 4.79 Å². The first-order valence-electron chi connectivity index (χ1n) is 10.7. The van der Waals surface area contributed by atoms with E-state index in [1.807, 2.05) is 47.8 Å². The molecule has 0 aliphatic carbocycles. The molecule has 5 nitrogen and oxygen atoms in total. The Morgan fingerprint density at radius 2 is 1.90 bits per heavy atom. The summed E-state index contributed by atoms with van der Waals surface area (Å²) in [4.78, 5) is 17.8. The van der Waals surface area contributed by atoms with Crippen molar-refractivity contribution in [1.82, 2.24) is 14.9 Å². The molecule has 0 fully saturated rings. The largest absolute Gasteiger partial charge is 0.494 e. The molecule has 6 heteroatoms. The van der Waals surface area contributed by atoms with Crippen LogP contribution in [0.25, 0.3) is 11.0 Å². The molecule has 0 radical (unpaired) electrons. The first-order chi connectivity index (χ1) is 15.2. The standard InChI is InChI=1S/C25H27N3O2S/c1-2-19-11-13-20(14-12-19)30-16-6-5-15-28-22-9-4-3-8-21(22)27-24(28)18-26-25(29)23-10-7-17-31-23/h3-4,7-14,17H,2,5-6,15-16,18H2,1H3,(H,26,29). The molecule has 0 saturated carbocycles. The van der Waals surface area contributed by atoms with Crippen LogP contribution in [0.3, 0.4) is 0 Å². The maximum absolute atomic E-state index is 12.3. The molecule has 0 spiro atoms. The van der Waals surface area contributed by atoms with Crippen LogP contribution in [0.15, 0.2) is 66.0 Å². The van der Waals surface area contributed by atoms with Gasteiger partial charge >= 0.3 is 0 Å². The summed E-state index contributed by atoms with van der Waals surface area (Å²) < 4.78 is 8.09. The molecule has 0 bridgehead atoms. The fourth-order valence-corrected chi connectivity index (χ4v) is 4.19. The molecule has 2 aromatic carbocycles. The number of rotatable bonds is 10. The van der Waals surface area contributed by atoms with E-state index in [0.29, 0.717) is 18.0 Å². The highest BCUT2D eigenvalue weighted by molar-refractivity contribution is 7.12.